The monoisotopic (exact) mass is 447 g/mol. The average Bonchev–Trinajstić information content (AvgIpc) is 3.23. The smallest absolute Gasteiger partial charge is 0.255 e. The number of carbonyl (C=O) groups is 1. The zero-order chi connectivity index (χ0) is 19.0. The van der Waals surface area contributed by atoms with E-state index in [9.17, 15) is 13.2 Å². The summed E-state index contributed by atoms with van der Waals surface area (Å²) in [7, 11) is -3.12. The normalized spacial score (nSPS) is 18.6. The second kappa shape index (κ2) is 7.13. The van der Waals surface area contributed by atoms with Crippen molar-refractivity contribution in [3.63, 3.8) is 0 Å². The molecule has 5 nitrogen and oxygen atoms in total. The van der Waals surface area contributed by atoms with E-state index in [1.54, 1.807) is 23.1 Å². The van der Waals surface area contributed by atoms with E-state index in [0.29, 0.717) is 22.4 Å². The van der Waals surface area contributed by atoms with Gasteiger partial charge in [-0.1, -0.05) is 36.4 Å². The van der Waals surface area contributed by atoms with Crippen molar-refractivity contribution in [2.45, 2.75) is 19.0 Å². The Labute approximate surface area is 166 Å². The summed E-state index contributed by atoms with van der Waals surface area (Å²) < 4.78 is 30.2. The lowest BCUT2D eigenvalue weighted by Crippen LogP contribution is -2.40. The summed E-state index contributed by atoms with van der Waals surface area (Å²) in [5.41, 5.74) is 0.572. The molecule has 1 atom stereocenters. The van der Waals surface area contributed by atoms with E-state index in [1.807, 2.05) is 36.4 Å². The van der Waals surface area contributed by atoms with Gasteiger partial charge in [0.1, 0.15) is 5.76 Å². The molecule has 0 unspecified atom stereocenters. The van der Waals surface area contributed by atoms with Gasteiger partial charge in [-0.15, -0.1) is 0 Å². The molecule has 1 aliphatic rings. The Hall–Kier alpha value is -2.12. The van der Waals surface area contributed by atoms with Gasteiger partial charge in [0, 0.05) is 11.6 Å². The summed E-state index contributed by atoms with van der Waals surface area (Å²) in [6.45, 7) is 0.230. The molecular formula is C20H18BrNO4S. The van der Waals surface area contributed by atoms with Crippen LogP contribution in [0.2, 0.25) is 0 Å². The summed E-state index contributed by atoms with van der Waals surface area (Å²) in [4.78, 5) is 15.1. The van der Waals surface area contributed by atoms with Crippen LogP contribution in [0, 0.1) is 0 Å². The highest BCUT2D eigenvalue weighted by molar-refractivity contribution is 9.10. The third-order valence-electron chi connectivity index (χ3n) is 4.89. The third kappa shape index (κ3) is 3.80. The van der Waals surface area contributed by atoms with Gasteiger partial charge in [0.25, 0.3) is 5.91 Å². The molecule has 3 aromatic rings. The van der Waals surface area contributed by atoms with Crippen molar-refractivity contribution >= 4 is 42.4 Å². The molecule has 0 aliphatic carbocycles. The molecule has 0 saturated carbocycles. The summed E-state index contributed by atoms with van der Waals surface area (Å²) in [6.07, 6.45) is 0.445. The van der Waals surface area contributed by atoms with E-state index < -0.39 is 9.84 Å². The van der Waals surface area contributed by atoms with E-state index in [-0.39, 0.29) is 30.0 Å². The fraction of sp³-hybridized carbons (Fsp3) is 0.250. The number of nitrogens with zero attached hydrogens (tertiary/aromatic N) is 1. The van der Waals surface area contributed by atoms with Crippen LogP contribution in [0.4, 0.5) is 0 Å². The predicted octanol–water partition coefficient (Wildman–Crippen LogP) is 4.02. The van der Waals surface area contributed by atoms with Gasteiger partial charge < -0.3 is 9.32 Å². The Balaban J connectivity index is 1.73. The second-order valence-corrected chi connectivity index (χ2v) is 9.73. The molecule has 0 N–H and O–H groups in total. The largest absolute Gasteiger partial charge is 0.452 e. The van der Waals surface area contributed by atoms with Crippen LogP contribution in [0.3, 0.4) is 0 Å². The van der Waals surface area contributed by atoms with Crippen molar-refractivity contribution in [1.29, 1.82) is 0 Å². The van der Waals surface area contributed by atoms with Gasteiger partial charge in [-0.25, -0.2) is 8.42 Å². The molecule has 1 aliphatic heterocycles. The first kappa shape index (κ1) is 18.3. The number of sulfone groups is 1. The molecule has 0 radical (unpaired) electrons. The maximum atomic E-state index is 13.4. The third-order valence-corrected chi connectivity index (χ3v) is 7.06. The molecule has 1 amide bonds. The Morgan fingerprint density at radius 3 is 2.59 bits per heavy atom. The Morgan fingerprint density at radius 1 is 1.11 bits per heavy atom. The van der Waals surface area contributed by atoms with Crippen LogP contribution < -0.4 is 0 Å². The first-order valence-electron chi connectivity index (χ1n) is 8.66. The van der Waals surface area contributed by atoms with Gasteiger partial charge in [0.15, 0.2) is 14.5 Å². The molecular weight excluding hydrogens is 430 g/mol. The highest BCUT2D eigenvalue weighted by Crippen LogP contribution is 2.26. The van der Waals surface area contributed by atoms with E-state index >= 15 is 0 Å². The average molecular weight is 448 g/mol. The van der Waals surface area contributed by atoms with Crippen molar-refractivity contribution in [2.75, 3.05) is 11.5 Å². The van der Waals surface area contributed by atoms with Crippen LogP contribution in [0.5, 0.6) is 0 Å². The highest BCUT2D eigenvalue weighted by atomic mass is 79.9. The SMILES string of the molecule is O=C(c1cccc2ccccc12)N(Cc1ccc(Br)o1)[C@H]1CCS(=O)(=O)C1. The zero-order valence-electron chi connectivity index (χ0n) is 14.5. The minimum Gasteiger partial charge on any atom is -0.452 e. The lowest BCUT2D eigenvalue weighted by atomic mass is 10.0. The van der Waals surface area contributed by atoms with E-state index in [4.69, 9.17) is 4.42 Å². The molecule has 140 valence electrons. The van der Waals surface area contributed by atoms with Crippen LogP contribution >= 0.6 is 15.9 Å². The minimum absolute atomic E-state index is 0.00855. The fourth-order valence-electron chi connectivity index (χ4n) is 3.56. The van der Waals surface area contributed by atoms with E-state index in [0.717, 1.165) is 10.8 Å². The number of fused-ring (bicyclic) bond motifs is 1. The molecule has 1 saturated heterocycles. The quantitative estimate of drug-likeness (QED) is 0.605. The lowest BCUT2D eigenvalue weighted by Gasteiger charge is -2.28. The van der Waals surface area contributed by atoms with Gasteiger partial charge in [0.05, 0.1) is 18.1 Å². The molecule has 0 bridgehead atoms. The molecule has 1 aromatic heterocycles. The predicted molar refractivity (Wildman–Crippen MR) is 107 cm³/mol. The van der Waals surface area contributed by atoms with Gasteiger partial charge in [-0.2, -0.15) is 0 Å². The lowest BCUT2D eigenvalue weighted by molar-refractivity contribution is 0.0667. The fourth-order valence-corrected chi connectivity index (χ4v) is 5.63. The van der Waals surface area contributed by atoms with Crippen molar-refractivity contribution in [2.24, 2.45) is 0 Å². The number of hydrogen-bond donors (Lipinski definition) is 0. The number of rotatable bonds is 4. The topological polar surface area (TPSA) is 67.6 Å². The molecule has 27 heavy (non-hydrogen) atoms. The van der Waals surface area contributed by atoms with E-state index in [2.05, 4.69) is 15.9 Å². The van der Waals surface area contributed by atoms with Crippen molar-refractivity contribution < 1.29 is 17.6 Å². The summed E-state index contributed by atoms with van der Waals surface area (Å²) in [6, 6.07) is 16.5. The van der Waals surface area contributed by atoms with Crippen molar-refractivity contribution in [3.8, 4) is 0 Å². The molecule has 0 spiro atoms. The number of amides is 1. The van der Waals surface area contributed by atoms with Crippen LogP contribution in [-0.2, 0) is 16.4 Å². The molecule has 4 rings (SSSR count). The molecule has 2 heterocycles. The minimum atomic E-state index is -3.12. The second-order valence-electron chi connectivity index (χ2n) is 6.72. The maximum Gasteiger partial charge on any atom is 0.255 e. The van der Waals surface area contributed by atoms with Crippen LogP contribution in [0.25, 0.3) is 10.8 Å². The number of furan rings is 1. The first-order chi connectivity index (χ1) is 12.9. The Morgan fingerprint density at radius 2 is 1.89 bits per heavy atom. The Bertz CT molecular complexity index is 1100. The standard InChI is InChI=1S/C20H18BrNO4S/c21-19-9-8-16(26-19)12-22(15-10-11-27(24,25)13-15)20(23)18-7-3-5-14-4-1-2-6-17(14)18/h1-9,15H,10-13H2/t15-/m0/s1. The van der Waals surface area contributed by atoms with Crippen molar-refractivity contribution in [3.05, 3.63) is 70.6 Å². The van der Waals surface area contributed by atoms with Crippen LogP contribution in [0.1, 0.15) is 22.5 Å². The van der Waals surface area contributed by atoms with E-state index in [1.165, 1.54) is 0 Å². The summed E-state index contributed by atoms with van der Waals surface area (Å²) in [5.74, 6) is 0.533. The van der Waals surface area contributed by atoms with Gasteiger partial charge in [0.2, 0.25) is 0 Å². The van der Waals surface area contributed by atoms with Gasteiger partial charge >= 0.3 is 0 Å². The zero-order valence-corrected chi connectivity index (χ0v) is 16.9. The number of hydrogen-bond acceptors (Lipinski definition) is 4. The highest BCUT2D eigenvalue weighted by Gasteiger charge is 2.35. The van der Waals surface area contributed by atoms with Crippen molar-refractivity contribution in [1.82, 2.24) is 4.90 Å². The van der Waals surface area contributed by atoms with Crippen LogP contribution in [0.15, 0.2) is 63.7 Å². The molecule has 7 heteroatoms. The molecule has 2 aromatic carbocycles. The number of halogens is 1. The maximum absolute atomic E-state index is 13.4. The summed E-state index contributed by atoms with van der Waals surface area (Å²) in [5, 5.41) is 1.83. The number of benzene rings is 2. The summed E-state index contributed by atoms with van der Waals surface area (Å²) >= 11 is 3.27. The van der Waals surface area contributed by atoms with Crippen LogP contribution in [-0.4, -0.2) is 36.8 Å². The first-order valence-corrected chi connectivity index (χ1v) is 11.3. The number of carbonyl (C=O) groups excluding carboxylic acids is 1. The molecule has 1 fully saturated rings. The van der Waals surface area contributed by atoms with Gasteiger partial charge in [-0.05, 0) is 51.3 Å². The van der Waals surface area contributed by atoms with Gasteiger partial charge in [-0.3, -0.25) is 4.79 Å². The Kier molecular flexibility index (Phi) is 4.82.